The van der Waals surface area contributed by atoms with E-state index in [2.05, 4.69) is 0 Å². The van der Waals surface area contributed by atoms with Gasteiger partial charge in [0.25, 0.3) is 0 Å². The van der Waals surface area contributed by atoms with Crippen molar-refractivity contribution in [2.24, 2.45) is 0 Å². The fourth-order valence-electron chi connectivity index (χ4n) is 0. The van der Waals surface area contributed by atoms with E-state index in [-0.39, 0.29) is 58.8 Å². The van der Waals surface area contributed by atoms with Crippen LogP contribution in [0.1, 0.15) is 0 Å². The van der Waals surface area contributed by atoms with Gasteiger partial charge in [-0.25, -0.2) is 0 Å². The van der Waals surface area contributed by atoms with Crippen LogP contribution in [0.5, 0.6) is 0 Å². The van der Waals surface area contributed by atoms with Gasteiger partial charge in [0.15, 0.2) is 0 Å². The quantitative estimate of drug-likeness (QED) is 0.370. The van der Waals surface area contributed by atoms with Crippen LogP contribution in [0.3, 0.4) is 0 Å². The van der Waals surface area contributed by atoms with Crippen molar-refractivity contribution in [2.45, 2.75) is 0 Å². The topological polar surface area (TPSA) is 0 Å². The summed E-state index contributed by atoms with van der Waals surface area (Å²) < 4.78 is 0. The zero-order valence-corrected chi connectivity index (χ0v) is 4.10. The Labute approximate surface area is 58.7 Å². The molecule has 0 saturated heterocycles. The van der Waals surface area contributed by atoms with Gasteiger partial charge >= 0.3 is 0 Å². The molecule has 0 atom stereocenters. The smallest absolute Gasteiger partial charge is 0.0149 e. The minimum atomic E-state index is 0. The molecule has 0 bridgehead atoms. The monoisotopic (exact) mass is 195 g/mol. The summed E-state index contributed by atoms with van der Waals surface area (Å²) in [6.07, 6.45) is 0. The van der Waals surface area contributed by atoms with Gasteiger partial charge in [0.1, 0.15) is 0 Å². The summed E-state index contributed by atoms with van der Waals surface area (Å²) in [7, 11) is 0. The molecule has 27 valence electrons. The van der Waals surface area contributed by atoms with Gasteiger partial charge in [-0.1, -0.05) is 0 Å². The molecule has 0 nitrogen and oxygen atoms in total. The maximum absolute atomic E-state index is 0. The molecule has 0 fully saturated rings. The molecule has 0 N–H and O–H groups in total. The molecular weight excluding hydrogens is 188 g/mol. The third kappa shape index (κ3) is 9.63. The van der Waals surface area contributed by atoms with Crippen molar-refractivity contribution in [3.8, 4) is 0 Å². The van der Waals surface area contributed by atoms with Crippen molar-refractivity contribution in [3.63, 3.8) is 0 Å². The van der Waals surface area contributed by atoms with Gasteiger partial charge in [-0.05, 0) is 11.0 Å². The predicted octanol–water partition coefficient (Wildman–Crippen LogP) is -2.64. The Morgan fingerprint density at radius 1 is 1.00 bits per heavy atom. The summed E-state index contributed by atoms with van der Waals surface area (Å²) in [4.78, 5) is 0. The van der Waals surface area contributed by atoms with Crippen molar-refractivity contribution in [3.05, 3.63) is 0 Å². The Morgan fingerprint density at radius 3 is 1.00 bits per heavy atom. The largest absolute Gasteiger partial charge is 0.0814 e. The van der Waals surface area contributed by atoms with E-state index >= 15 is 0 Å². The van der Waals surface area contributed by atoms with Gasteiger partial charge in [0, 0.05) is 39.4 Å². The van der Waals surface area contributed by atoms with Crippen molar-refractivity contribution in [2.75, 3.05) is 0 Å². The van der Waals surface area contributed by atoms with Gasteiger partial charge in [0.05, 0.1) is 8.41 Å². The maximum Gasteiger partial charge on any atom is 0.0814 e. The molecule has 0 aliphatic rings. The molecule has 0 amide bonds. The van der Waals surface area contributed by atoms with Crippen molar-refractivity contribution in [1.82, 2.24) is 0 Å². The van der Waals surface area contributed by atoms with Gasteiger partial charge in [-0.3, -0.25) is 0 Å². The Bertz CT molecular complexity index is 8.00. The SMILES string of the molecule is B.[Fe].[Nb].[SiH4]. The van der Waals surface area contributed by atoms with Crippen molar-refractivity contribution < 1.29 is 39.4 Å². The Balaban J connectivity index is 0. The van der Waals surface area contributed by atoms with Crippen LogP contribution in [0, 0.1) is 0 Å². The van der Waals surface area contributed by atoms with Crippen LogP contribution >= 0.6 is 0 Å². The van der Waals surface area contributed by atoms with Crippen LogP contribution in [0.4, 0.5) is 0 Å². The summed E-state index contributed by atoms with van der Waals surface area (Å²) in [6.45, 7) is 0. The molecule has 4 heteroatoms. The normalized spacial score (nSPS) is 0. The Morgan fingerprint density at radius 2 is 1.00 bits per heavy atom. The average Bonchev–Trinajstić information content (AvgIpc) is 0. The molecule has 0 unspecified atom stereocenters. The molecule has 4 heavy (non-hydrogen) atoms. The summed E-state index contributed by atoms with van der Waals surface area (Å²) >= 11 is 0. The molecule has 0 aliphatic heterocycles. The first-order valence-corrected chi connectivity index (χ1v) is 0. The molecule has 1 radical (unpaired) electrons. The van der Waals surface area contributed by atoms with Gasteiger partial charge < -0.3 is 0 Å². The number of hydrogen-bond donors (Lipinski definition) is 0. The molecule has 0 heterocycles. The van der Waals surface area contributed by atoms with E-state index in [1.165, 1.54) is 0 Å². The van der Waals surface area contributed by atoms with E-state index in [4.69, 9.17) is 0 Å². The summed E-state index contributed by atoms with van der Waals surface area (Å²) in [6, 6.07) is 0. The Kier molecular flexibility index (Phi) is 288. The van der Waals surface area contributed by atoms with E-state index in [0.717, 1.165) is 0 Å². The molecule has 0 rings (SSSR count). The second-order valence-corrected chi connectivity index (χ2v) is 0. The van der Waals surface area contributed by atoms with Crippen LogP contribution in [-0.2, 0) is 39.4 Å². The minimum absolute atomic E-state index is 0. The van der Waals surface area contributed by atoms with Crippen LogP contribution in [0.2, 0.25) is 0 Å². The Hall–Kier alpha value is 1.54. The van der Waals surface area contributed by atoms with E-state index in [0.29, 0.717) is 0 Å². The molecule has 0 saturated carbocycles. The standard InChI is InChI=1S/BH3.Fe.Nb.H4Si/h1H3;;;1H4. The zero-order chi connectivity index (χ0) is 0. The van der Waals surface area contributed by atoms with Crippen molar-refractivity contribution >= 4 is 19.4 Å². The van der Waals surface area contributed by atoms with E-state index in [9.17, 15) is 0 Å². The van der Waals surface area contributed by atoms with Crippen LogP contribution < -0.4 is 0 Å². The molecular formula is H7BFeNbSi. The van der Waals surface area contributed by atoms with Crippen molar-refractivity contribution in [1.29, 1.82) is 0 Å². The van der Waals surface area contributed by atoms with E-state index in [1.807, 2.05) is 0 Å². The van der Waals surface area contributed by atoms with Crippen LogP contribution in [-0.4, -0.2) is 19.4 Å². The summed E-state index contributed by atoms with van der Waals surface area (Å²) in [5, 5.41) is 0. The second-order valence-electron chi connectivity index (χ2n) is 0. The molecule has 0 aromatic heterocycles. The zero-order valence-electron chi connectivity index (χ0n) is 0.801. The third-order valence-corrected chi connectivity index (χ3v) is 0. The van der Waals surface area contributed by atoms with E-state index in [1.54, 1.807) is 0 Å². The first-order chi connectivity index (χ1) is 0. The molecule has 0 aliphatic carbocycles. The van der Waals surface area contributed by atoms with Gasteiger partial charge in [-0.15, -0.1) is 0 Å². The molecule has 0 aromatic carbocycles. The minimum Gasteiger partial charge on any atom is -0.0149 e. The van der Waals surface area contributed by atoms with Crippen LogP contribution in [0.15, 0.2) is 0 Å². The van der Waals surface area contributed by atoms with Crippen LogP contribution in [0.25, 0.3) is 0 Å². The molecule has 0 aromatic rings. The third-order valence-electron chi connectivity index (χ3n) is 0. The number of hydrogen-bond acceptors (Lipinski definition) is 0. The fourth-order valence-corrected chi connectivity index (χ4v) is 0. The average molecular weight is 195 g/mol. The fraction of sp³-hybridized carbons (Fsp3) is 0. The summed E-state index contributed by atoms with van der Waals surface area (Å²) in [5.74, 6) is 0. The van der Waals surface area contributed by atoms with E-state index < -0.39 is 0 Å². The van der Waals surface area contributed by atoms with Gasteiger partial charge in [-0.2, -0.15) is 0 Å². The first kappa shape index (κ1) is 48.1. The predicted molar refractivity (Wildman–Crippen MR) is 21.3 cm³/mol. The second kappa shape index (κ2) is 24.0. The molecule has 0 spiro atoms. The summed E-state index contributed by atoms with van der Waals surface area (Å²) in [5.41, 5.74) is 0. The first-order valence-electron chi connectivity index (χ1n) is 0. The van der Waals surface area contributed by atoms with Gasteiger partial charge in [0.2, 0.25) is 0 Å². The maximum atomic E-state index is 0. The number of rotatable bonds is 0.